The van der Waals surface area contributed by atoms with Gasteiger partial charge in [0.05, 0.1) is 6.20 Å². The maximum absolute atomic E-state index is 12.7. The standard InChI is InChI=1S/C25H32N4O3.C2HF3O2/c1-24(2)14-18-4-3-5-19(22(18)32-24)17-28-10-6-25(7-11-28)8-12-29(13-9-25)23(31)20-15-27-21(30)16-26-20;3-2(4,5)1(6)7/h3-5,15-16H,6-14,17H2,1-2H3,(H,27,30);(H,6,7). The van der Waals surface area contributed by atoms with E-state index in [9.17, 15) is 22.8 Å². The fourth-order valence-electron chi connectivity index (χ4n) is 5.54. The van der Waals surface area contributed by atoms with Crippen LogP contribution in [0, 0.1) is 5.41 Å². The van der Waals surface area contributed by atoms with Crippen molar-refractivity contribution in [2.24, 2.45) is 5.41 Å². The van der Waals surface area contributed by atoms with E-state index in [0.717, 1.165) is 57.7 Å². The summed E-state index contributed by atoms with van der Waals surface area (Å²) in [5.41, 5.74) is 2.88. The van der Waals surface area contributed by atoms with Gasteiger partial charge >= 0.3 is 12.1 Å². The Labute approximate surface area is 224 Å². The molecule has 1 aromatic heterocycles. The lowest BCUT2D eigenvalue weighted by Crippen LogP contribution is -2.48. The molecular weight excluding hydrogens is 517 g/mol. The average Bonchev–Trinajstić information content (AvgIpc) is 3.21. The Morgan fingerprint density at radius 2 is 1.72 bits per heavy atom. The zero-order valence-electron chi connectivity index (χ0n) is 22.0. The Balaban J connectivity index is 0.000000448. The Morgan fingerprint density at radius 1 is 1.10 bits per heavy atom. The summed E-state index contributed by atoms with van der Waals surface area (Å²) in [6.07, 6.45) is 2.90. The number of aliphatic carboxylic acids is 1. The number of hydrogen-bond acceptors (Lipinski definition) is 6. The predicted molar refractivity (Wildman–Crippen MR) is 135 cm³/mol. The summed E-state index contributed by atoms with van der Waals surface area (Å²) in [5.74, 6) is -1.75. The topological polar surface area (TPSA) is 116 Å². The van der Waals surface area contributed by atoms with Crippen molar-refractivity contribution in [1.82, 2.24) is 19.8 Å². The molecule has 2 fully saturated rings. The number of nitrogens with one attached hydrogen (secondary N) is 1. The molecule has 9 nitrogen and oxygen atoms in total. The van der Waals surface area contributed by atoms with Gasteiger partial charge in [0.2, 0.25) is 0 Å². The minimum absolute atomic E-state index is 0.0885. The molecule has 212 valence electrons. The number of piperidine rings is 2. The molecule has 0 bridgehead atoms. The van der Waals surface area contributed by atoms with Crippen molar-refractivity contribution in [3.05, 3.63) is 57.8 Å². The van der Waals surface area contributed by atoms with Crippen LogP contribution in [0.4, 0.5) is 13.2 Å². The van der Waals surface area contributed by atoms with E-state index in [4.69, 9.17) is 14.6 Å². The second-order valence-corrected chi connectivity index (χ2v) is 11.1. The smallest absolute Gasteiger partial charge is 0.487 e. The number of para-hydroxylation sites is 1. The molecule has 12 heteroatoms. The maximum atomic E-state index is 12.7. The van der Waals surface area contributed by atoms with Gasteiger partial charge in [-0.2, -0.15) is 13.2 Å². The molecule has 0 aliphatic carbocycles. The third kappa shape index (κ3) is 6.97. The van der Waals surface area contributed by atoms with Crippen LogP contribution in [0.5, 0.6) is 5.75 Å². The fraction of sp³-hybridized carbons (Fsp3) is 0.556. The van der Waals surface area contributed by atoms with E-state index in [-0.39, 0.29) is 17.1 Å². The number of halogens is 3. The Bertz CT molecular complexity index is 1240. The predicted octanol–water partition coefficient (Wildman–Crippen LogP) is 3.64. The minimum atomic E-state index is -5.08. The molecule has 1 aromatic carbocycles. The van der Waals surface area contributed by atoms with Gasteiger partial charge in [0.1, 0.15) is 17.0 Å². The highest BCUT2D eigenvalue weighted by atomic mass is 19.4. The number of carboxylic acid groups (broad SMARTS) is 1. The molecule has 5 rings (SSSR count). The summed E-state index contributed by atoms with van der Waals surface area (Å²) in [6, 6.07) is 6.56. The molecule has 0 saturated carbocycles. The van der Waals surface area contributed by atoms with Gasteiger partial charge in [-0.3, -0.25) is 14.5 Å². The van der Waals surface area contributed by atoms with Gasteiger partial charge in [0.25, 0.3) is 11.5 Å². The number of alkyl halides is 3. The zero-order valence-corrected chi connectivity index (χ0v) is 22.0. The first-order valence-electron chi connectivity index (χ1n) is 12.9. The number of rotatable bonds is 3. The summed E-state index contributed by atoms with van der Waals surface area (Å²) in [5, 5.41) is 7.12. The van der Waals surface area contributed by atoms with Gasteiger partial charge in [-0.25, -0.2) is 9.78 Å². The van der Waals surface area contributed by atoms with Gasteiger partial charge in [0.15, 0.2) is 0 Å². The average molecular weight is 551 g/mol. The molecule has 2 aromatic rings. The summed E-state index contributed by atoms with van der Waals surface area (Å²) >= 11 is 0. The number of hydrogen-bond donors (Lipinski definition) is 2. The number of aromatic nitrogens is 2. The van der Waals surface area contributed by atoms with Crippen LogP contribution >= 0.6 is 0 Å². The molecule has 1 amide bonds. The van der Waals surface area contributed by atoms with E-state index >= 15 is 0 Å². The van der Waals surface area contributed by atoms with E-state index in [1.54, 1.807) is 0 Å². The Kier molecular flexibility index (Phi) is 8.06. The third-order valence-corrected chi connectivity index (χ3v) is 7.73. The Morgan fingerprint density at radius 3 is 2.28 bits per heavy atom. The molecule has 4 heterocycles. The molecular formula is C27H33F3N4O5. The van der Waals surface area contributed by atoms with Crippen molar-refractivity contribution in [3.8, 4) is 5.75 Å². The van der Waals surface area contributed by atoms with Crippen molar-refractivity contribution in [2.45, 2.75) is 64.3 Å². The molecule has 1 spiro atoms. The quantitative estimate of drug-likeness (QED) is 0.600. The second kappa shape index (κ2) is 11.0. The molecule has 39 heavy (non-hydrogen) atoms. The molecule has 0 radical (unpaired) electrons. The normalized spacial score (nSPS) is 20.0. The lowest BCUT2D eigenvalue weighted by atomic mass is 9.71. The van der Waals surface area contributed by atoms with E-state index in [2.05, 4.69) is 46.9 Å². The van der Waals surface area contributed by atoms with Gasteiger partial charge in [-0.1, -0.05) is 18.2 Å². The van der Waals surface area contributed by atoms with Gasteiger partial charge in [-0.05, 0) is 63.6 Å². The molecule has 3 aliphatic rings. The molecule has 2 N–H and O–H groups in total. The van der Waals surface area contributed by atoms with E-state index < -0.39 is 12.1 Å². The number of aromatic amines is 1. The zero-order chi connectivity index (χ0) is 28.4. The number of nitrogens with zero attached hydrogens (tertiary/aromatic N) is 3. The maximum Gasteiger partial charge on any atom is 0.490 e. The highest BCUT2D eigenvalue weighted by Gasteiger charge is 2.40. The van der Waals surface area contributed by atoms with Gasteiger partial charge < -0.3 is 19.7 Å². The molecule has 3 aliphatic heterocycles. The highest BCUT2D eigenvalue weighted by molar-refractivity contribution is 5.92. The number of carbonyl (C=O) groups excluding carboxylic acids is 1. The highest BCUT2D eigenvalue weighted by Crippen LogP contribution is 2.43. The second-order valence-electron chi connectivity index (χ2n) is 11.1. The van der Waals surface area contributed by atoms with E-state index in [1.807, 2.05) is 4.90 Å². The van der Waals surface area contributed by atoms with Crippen LogP contribution in [-0.2, 0) is 17.8 Å². The number of ether oxygens (including phenoxy) is 1. The first-order chi connectivity index (χ1) is 18.3. The summed E-state index contributed by atoms with van der Waals surface area (Å²) < 4.78 is 38.0. The lowest BCUT2D eigenvalue weighted by molar-refractivity contribution is -0.192. The number of benzene rings is 1. The largest absolute Gasteiger partial charge is 0.490 e. The monoisotopic (exact) mass is 550 g/mol. The number of likely N-dealkylation sites (tertiary alicyclic amines) is 2. The number of H-pyrrole nitrogens is 1. The number of carbonyl (C=O) groups is 2. The van der Waals surface area contributed by atoms with Crippen molar-refractivity contribution >= 4 is 11.9 Å². The SMILES string of the molecule is CC1(C)Cc2cccc(CN3CCC4(CC3)CCN(C(=O)c3c[nH]c(=O)cn3)CC4)c2O1.O=C(O)C(F)(F)F. The first kappa shape index (κ1) is 28.6. The number of carboxylic acids is 1. The van der Waals surface area contributed by atoms with Crippen LogP contribution in [0.1, 0.15) is 61.1 Å². The third-order valence-electron chi connectivity index (χ3n) is 7.73. The van der Waals surface area contributed by atoms with Crippen molar-refractivity contribution in [3.63, 3.8) is 0 Å². The Hall–Kier alpha value is -3.41. The van der Waals surface area contributed by atoms with Crippen molar-refractivity contribution < 1.29 is 32.6 Å². The van der Waals surface area contributed by atoms with Crippen LogP contribution in [0.25, 0.3) is 0 Å². The van der Waals surface area contributed by atoms with Crippen LogP contribution in [0.2, 0.25) is 0 Å². The first-order valence-corrected chi connectivity index (χ1v) is 12.9. The molecule has 2 saturated heterocycles. The fourth-order valence-corrected chi connectivity index (χ4v) is 5.54. The van der Waals surface area contributed by atoms with Crippen LogP contribution in [-0.4, -0.2) is 74.7 Å². The van der Waals surface area contributed by atoms with Crippen molar-refractivity contribution in [2.75, 3.05) is 26.2 Å². The molecule has 0 unspecified atom stereocenters. The van der Waals surface area contributed by atoms with E-state index in [1.165, 1.54) is 36.4 Å². The van der Waals surface area contributed by atoms with E-state index in [0.29, 0.717) is 11.1 Å². The van der Waals surface area contributed by atoms with Crippen LogP contribution in [0.15, 0.2) is 35.4 Å². The summed E-state index contributed by atoms with van der Waals surface area (Å²) in [4.78, 5) is 43.8. The van der Waals surface area contributed by atoms with Gasteiger partial charge in [0, 0.05) is 37.8 Å². The van der Waals surface area contributed by atoms with Crippen LogP contribution in [0.3, 0.4) is 0 Å². The number of fused-ring (bicyclic) bond motifs is 1. The molecule has 0 atom stereocenters. The van der Waals surface area contributed by atoms with Crippen molar-refractivity contribution in [1.29, 1.82) is 0 Å². The lowest BCUT2D eigenvalue weighted by Gasteiger charge is -2.47. The van der Waals surface area contributed by atoms with Crippen LogP contribution < -0.4 is 10.3 Å². The number of amides is 1. The van der Waals surface area contributed by atoms with Gasteiger partial charge in [-0.15, -0.1) is 0 Å². The summed E-state index contributed by atoms with van der Waals surface area (Å²) in [7, 11) is 0. The minimum Gasteiger partial charge on any atom is -0.487 e. The summed E-state index contributed by atoms with van der Waals surface area (Å²) in [6.45, 7) is 8.95.